The van der Waals surface area contributed by atoms with Gasteiger partial charge in [0.1, 0.15) is 12.7 Å². The summed E-state index contributed by atoms with van der Waals surface area (Å²) in [7, 11) is 1.21. The van der Waals surface area contributed by atoms with E-state index in [0.29, 0.717) is 10.6 Å². The van der Waals surface area contributed by atoms with Crippen molar-refractivity contribution in [2.24, 2.45) is 0 Å². The predicted molar refractivity (Wildman–Crippen MR) is 89.5 cm³/mol. The van der Waals surface area contributed by atoms with Gasteiger partial charge in [-0.3, -0.25) is 4.79 Å². The van der Waals surface area contributed by atoms with E-state index in [2.05, 4.69) is 10.1 Å². The molecule has 150 valence electrons. The minimum absolute atomic E-state index is 0.0992. The minimum atomic E-state index is -4.63. The molecule has 0 aromatic heterocycles. The van der Waals surface area contributed by atoms with Crippen molar-refractivity contribution in [1.29, 1.82) is 0 Å². The van der Waals surface area contributed by atoms with Crippen LogP contribution in [-0.2, 0) is 0 Å². The highest BCUT2D eigenvalue weighted by molar-refractivity contribution is 6.01. The zero-order valence-corrected chi connectivity index (χ0v) is 14.5. The Morgan fingerprint density at radius 3 is 2.50 bits per heavy atom. The first-order valence-electron chi connectivity index (χ1n) is 8.05. The molecule has 0 spiro atoms. The van der Waals surface area contributed by atoms with E-state index in [4.69, 9.17) is 4.74 Å². The smallest absolute Gasteiger partial charge is 0.406 e. The summed E-state index contributed by atoms with van der Waals surface area (Å²) in [6.07, 6.45) is -5.82. The monoisotopic (exact) mass is 402 g/mol. The van der Waals surface area contributed by atoms with Crippen LogP contribution in [0.1, 0.15) is 22.1 Å². The number of methoxy groups -OCH3 is 1. The van der Waals surface area contributed by atoms with Crippen molar-refractivity contribution in [3.8, 4) is 11.5 Å². The van der Waals surface area contributed by atoms with Gasteiger partial charge in [0.2, 0.25) is 0 Å². The molecule has 1 aliphatic heterocycles. The van der Waals surface area contributed by atoms with E-state index in [1.54, 1.807) is 18.2 Å². The van der Waals surface area contributed by atoms with Crippen molar-refractivity contribution >= 4 is 11.6 Å². The van der Waals surface area contributed by atoms with Crippen molar-refractivity contribution in [2.45, 2.75) is 19.0 Å². The highest BCUT2D eigenvalue weighted by Gasteiger charge is 2.40. The lowest BCUT2D eigenvalue weighted by Crippen LogP contribution is -2.47. The number of para-hydroxylation sites is 1. The first-order chi connectivity index (χ1) is 13.2. The number of carbonyl (C=O) groups is 1. The van der Waals surface area contributed by atoms with Crippen LogP contribution in [0, 0.1) is 0 Å². The van der Waals surface area contributed by atoms with E-state index >= 15 is 0 Å². The van der Waals surface area contributed by atoms with Crippen LogP contribution in [0.25, 0.3) is 0 Å². The maximum absolute atomic E-state index is 13.1. The van der Waals surface area contributed by atoms with Gasteiger partial charge in [-0.1, -0.05) is 18.2 Å². The summed E-state index contributed by atoms with van der Waals surface area (Å²) in [5, 5.41) is 2.89. The van der Waals surface area contributed by atoms with Gasteiger partial charge in [-0.05, 0) is 29.8 Å². The molecule has 0 saturated heterocycles. The maximum atomic E-state index is 13.1. The van der Waals surface area contributed by atoms with Crippen LogP contribution >= 0.6 is 0 Å². The lowest BCUT2D eigenvalue weighted by molar-refractivity contribution is -0.144. The molecule has 1 atom stereocenters. The molecule has 0 radical (unpaired) electrons. The Labute approximate surface area is 156 Å². The summed E-state index contributed by atoms with van der Waals surface area (Å²) >= 11 is 0. The normalized spacial score (nSPS) is 16.6. The van der Waals surface area contributed by atoms with Gasteiger partial charge in [0.25, 0.3) is 5.91 Å². The number of carbonyl (C=O) groups excluding carboxylic acids is 1. The highest BCUT2D eigenvalue weighted by atomic mass is 19.4. The summed E-state index contributed by atoms with van der Waals surface area (Å²) in [5.41, 5.74) is 0.681. The summed E-state index contributed by atoms with van der Waals surface area (Å²) in [6.45, 7) is -4.59. The zero-order chi connectivity index (χ0) is 20.5. The molecule has 3 rings (SSSR count). The van der Waals surface area contributed by atoms with E-state index in [1.807, 2.05) is 0 Å². The minimum Gasteiger partial charge on any atom is -0.493 e. The molecular weight excluding hydrogens is 387 g/mol. The lowest BCUT2D eigenvalue weighted by Gasteiger charge is -2.38. The Kier molecular flexibility index (Phi) is 5.30. The third-order valence-electron chi connectivity index (χ3n) is 4.09. The molecule has 1 heterocycles. The second-order valence-corrected chi connectivity index (χ2v) is 5.93. The largest absolute Gasteiger partial charge is 0.493 e. The predicted octanol–water partition coefficient (Wildman–Crippen LogP) is 4.43. The summed E-state index contributed by atoms with van der Waals surface area (Å²) < 4.78 is 73.5. The quantitative estimate of drug-likeness (QED) is 0.752. The number of rotatable bonds is 5. The molecule has 5 nitrogen and oxygen atoms in total. The molecule has 0 aliphatic carbocycles. The van der Waals surface area contributed by atoms with Gasteiger partial charge in [-0.15, -0.1) is 0 Å². The number of alkyl halides is 5. The number of halogens is 5. The standard InChI is InChI=1S/C18H15F5N2O3/c1-27-14-8-10(6-7-13(14)28-17(19)20)15-24-12-5-3-2-4-11(12)16(26)25(15)9-18(21,22)23/h2-8,15,17,24H,9H2,1H3/t15-/m0/s1. The average Bonchev–Trinajstić information content (AvgIpc) is 2.63. The third kappa shape index (κ3) is 4.10. The van der Waals surface area contributed by atoms with Gasteiger partial charge in [-0.2, -0.15) is 22.0 Å². The SMILES string of the molecule is COc1cc([C@H]2Nc3ccccc3C(=O)N2CC(F)(F)F)ccc1OC(F)F. The molecule has 1 amide bonds. The van der Waals surface area contributed by atoms with Gasteiger partial charge < -0.3 is 19.7 Å². The summed E-state index contributed by atoms with van der Waals surface area (Å²) in [6, 6.07) is 9.86. The second-order valence-electron chi connectivity index (χ2n) is 5.93. The molecule has 0 bridgehead atoms. The van der Waals surface area contributed by atoms with Crippen LogP contribution in [0.15, 0.2) is 42.5 Å². The molecule has 28 heavy (non-hydrogen) atoms. The number of hydrogen-bond acceptors (Lipinski definition) is 4. The van der Waals surface area contributed by atoms with E-state index in [1.165, 1.54) is 25.3 Å². The molecule has 0 fully saturated rings. The molecule has 1 N–H and O–H groups in total. The number of amides is 1. The van der Waals surface area contributed by atoms with Crippen molar-refractivity contribution in [1.82, 2.24) is 4.90 Å². The first kappa shape index (κ1) is 19.7. The van der Waals surface area contributed by atoms with Crippen LogP contribution in [0.5, 0.6) is 11.5 Å². The number of fused-ring (bicyclic) bond motifs is 1. The fourth-order valence-electron chi connectivity index (χ4n) is 2.96. The molecule has 10 heteroatoms. The Bertz CT molecular complexity index is 873. The number of nitrogens with one attached hydrogen (secondary N) is 1. The van der Waals surface area contributed by atoms with Gasteiger partial charge in [0.05, 0.1) is 12.7 Å². The van der Waals surface area contributed by atoms with Gasteiger partial charge in [0, 0.05) is 5.69 Å². The van der Waals surface area contributed by atoms with Crippen molar-refractivity contribution in [3.05, 3.63) is 53.6 Å². The average molecular weight is 402 g/mol. The lowest BCUT2D eigenvalue weighted by atomic mass is 10.0. The van der Waals surface area contributed by atoms with Crippen molar-refractivity contribution in [3.63, 3.8) is 0 Å². The Morgan fingerprint density at radius 2 is 1.86 bits per heavy atom. The van der Waals surface area contributed by atoms with E-state index in [-0.39, 0.29) is 22.6 Å². The van der Waals surface area contributed by atoms with E-state index in [0.717, 1.165) is 6.07 Å². The third-order valence-corrected chi connectivity index (χ3v) is 4.09. The summed E-state index contributed by atoms with van der Waals surface area (Å²) in [4.78, 5) is 13.3. The van der Waals surface area contributed by atoms with E-state index in [9.17, 15) is 26.7 Å². The second kappa shape index (κ2) is 7.53. The Hall–Kier alpha value is -3.04. The highest BCUT2D eigenvalue weighted by Crippen LogP contribution is 2.38. The number of anilines is 1. The molecule has 2 aromatic rings. The molecule has 1 aliphatic rings. The fourth-order valence-corrected chi connectivity index (χ4v) is 2.96. The number of benzene rings is 2. The molecule has 0 unspecified atom stereocenters. The van der Waals surface area contributed by atoms with Crippen LogP contribution in [0.4, 0.5) is 27.6 Å². The van der Waals surface area contributed by atoms with Gasteiger partial charge in [-0.25, -0.2) is 0 Å². The summed E-state index contributed by atoms with van der Waals surface area (Å²) in [5.74, 6) is -1.17. The van der Waals surface area contributed by atoms with Crippen LogP contribution < -0.4 is 14.8 Å². The molecular formula is C18H15F5N2O3. The maximum Gasteiger partial charge on any atom is 0.406 e. The van der Waals surface area contributed by atoms with Crippen LogP contribution in [0.3, 0.4) is 0 Å². The molecule has 0 saturated carbocycles. The Balaban J connectivity index is 2.03. The Morgan fingerprint density at radius 1 is 1.14 bits per heavy atom. The zero-order valence-electron chi connectivity index (χ0n) is 14.5. The number of hydrogen-bond donors (Lipinski definition) is 1. The topological polar surface area (TPSA) is 50.8 Å². The van der Waals surface area contributed by atoms with E-state index < -0.39 is 31.4 Å². The number of ether oxygens (including phenoxy) is 2. The fraction of sp³-hybridized carbons (Fsp3) is 0.278. The van der Waals surface area contributed by atoms with Gasteiger partial charge in [0.15, 0.2) is 11.5 Å². The first-order valence-corrected chi connectivity index (χ1v) is 8.05. The van der Waals surface area contributed by atoms with Gasteiger partial charge >= 0.3 is 12.8 Å². The van der Waals surface area contributed by atoms with Crippen LogP contribution in [-0.4, -0.2) is 37.2 Å². The van der Waals surface area contributed by atoms with Crippen molar-refractivity contribution < 1.29 is 36.2 Å². The van der Waals surface area contributed by atoms with Crippen molar-refractivity contribution in [2.75, 3.05) is 19.0 Å². The van der Waals surface area contributed by atoms with Crippen LogP contribution in [0.2, 0.25) is 0 Å². The molecule has 2 aromatic carbocycles. The number of nitrogens with zero attached hydrogens (tertiary/aromatic N) is 1.